The van der Waals surface area contributed by atoms with Crippen LogP contribution in [0.25, 0.3) is 0 Å². The molecule has 1 fully saturated rings. The van der Waals surface area contributed by atoms with Crippen molar-refractivity contribution < 1.29 is 12.9 Å². The van der Waals surface area contributed by atoms with Crippen molar-refractivity contribution in [2.24, 2.45) is 0 Å². The van der Waals surface area contributed by atoms with Crippen LogP contribution < -0.4 is 0 Å². The van der Waals surface area contributed by atoms with Gasteiger partial charge in [-0.15, -0.1) is 0 Å². The highest BCUT2D eigenvalue weighted by Crippen LogP contribution is 2.24. The third-order valence-corrected chi connectivity index (χ3v) is 7.15. The lowest BCUT2D eigenvalue weighted by Crippen LogP contribution is -2.49. The van der Waals surface area contributed by atoms with E-state index < -0.39 is 10.0 Å². The lowest BCUT2D eigenvalue weighted by atomic mass is 10.1. The molecule has 8 heteroatoms. The first-order valence-electron chi connectivity index (χ1n) is 9.47. The molecule has 3 rings (SSSR count). The van der Waals surface area contributed by atoms with Gasteiger partial charge in [0, 0.05) is 32.6 Å². The van der Waals surface area contributed by atoms with Crippen LogP contribution in [0.5, 0.6) is 0 Å². The fourth-order valence-electron chi connectivity index (χ4n) is 3.27. The van der Waals surface area contributed by atoms with E-state index in [2.05, 4.69) is 22.0 Å². The van der Waals surface area contributed by atoms with Gasteiger partial charge in [-0.2, -0.15) is 9.29 Å². The Bertz CT molecular complexity index is 886. The van der Waals surface area contributed by atoms with Gasteiger partial charge in [0.15, 0.2) is 5.82 Å². The second kappa shape index (κ2) is 8.08. The summed E-state index contributed by atoms with van der Waals surface area (Å²) in [5.41, 5.74) is 2.08. The van der Waals surface area contributed by atoms with Gasteiger partial charge >= 0.3 is 0 Å². The summed E-state index contributed by atoms with van der Waals surface area (Å²) in [5, 5.41) is 4.01. The molecule has 27 heavy (non-hydrogen) atoms. The number of sulfonamides is 1. The molecule has 1 atom stereocenters. The molecule has 1 aliphatic rings. The lowest BCUT2D eigenvalue weighted by molar-refractivity contribution is 0.124. The third-order valence-electron chi connectivity index (χ3n) is 5.25. The van der Waals surface area contributed by atoms with E-state index in [4.69, 9.17) is 4.52 Å². The van der Waals surface area contributed by atoms with Gasteiger partial charge in [-0.05, 0) is 50.5 Å². The van der Waals surface area contributed by atoms with Gasteiger partial charge in [0.25, 0.3) is 0 Å². The van der Waals surface area contributed by atoms with Gasteiger partial charge in [0.1, 0.15) is 0 Å². The first-order valence-corrected chi connectivity index (χ1v) is 10.9. The number of aryl methyl sites for hydroxylation is 3. The number of hydrogen-bond acceptors (Lipinski definition) is 6. The molecule has 0 saturated carbocycles. The molecule has 1 aromatic carbocycles. The minimum atomic E-state index is -3.46. The van der Waals surface area contributed by atoms with Crippen LogP contribution in [0.15, 0.2) is 27.6 Å². The largest absolute Gasteiger partial charge is 0.338 e. The molecule has 2 aromatic rings. The van der Waals surface area contributed by atoms with Crippen molar-refractivity contribution in [3.8, 4) is 0 Å². The SMILES string of the molecule is CCCc1noc(C(C)N2CCN(S(=O)(=O)c3ccc(C)c(C)c3)CC2)n1. The van der Waals surface area contributed by atoms with Crippen LogP contribution in [-0.2, 0) is 16.4 Å². The Balaban J connectivity index is 1.66. The minimum absolute atomic E-state index is 0.0189. The number of piperazine rings is 1. The molecule has 0 aliphatic carbocycles. The highest BCUT2D eigenvalue weighted by molar-refractivity contribution is 7.89. The molecule has 7 nitrogen and oxygen atoms in total. The third kappa shape index (κ3) is 4.23. The molecule has 2 heterocycles. The molecule has 0 bridgehead atoms. The van der Waals surface area contributed by atoms with Crippen molar-refractivity contribution in [3.05, 3.63) is 41.0 Å². The van der Waals surface area contributed by atoms with Gasteiger partial charge in [-0.25, -0.2) is 8.42 Å². The van der Waals surface area contributed by atoms with Crippen molar-refractivity contribution in [1.29, 1.82) is 0 Å². The molecular formula is C19H28N4O3S. The average Bonchev–Trinajstić information content (AvgIpc) is 3.12. The topological polar surface area (TPSA) is 79.5 Å². The summed E-state index contributed by atoms with van der Waals surface area (Å²) in [6, 6.07) is 5.30. The van der Waals surface area contributed by atoms with Gasteiger partial charge in [-0.1, -0.05) is 18.1 Å². The summed E-state index contributed by atoms with van der Waals surface area (Å²) in [6.07, 6.45) is 1.78. The van der Waals surface area contributed by atoms with E-state index in [-0.39, 0.29) is 6.04 Å². The Hall–Kier alpha value is -1.77. The van der Waals surface area contributed by atoms with E-state index in [0.717, 1.165) is 29.8 Å². The molecule has 0 amide bonds. The van der Waals surface area contributed by atoms with Crippen LogP contribution in [0, 0.1) is 13.8 Å². The van der Waals surface area contributed by atoms with Crippen molar-refractivity contribution in [2.45, 2.75) is 51.5 Å². The van der Waals surface area contributed by atoms with E-state index in [9.17, 15) is 8.42 Å². The van der Waals surface area contributed by atoms with Crippen LogP contribution in [0.4, 0.5) is 0 Å². The zero-order valence-electron chi connectivity index (χ0n) is 16.5. The van der Waals surface area contributed by atoms with Crippen molar-refractivity contribution in [3.63, 3.8) is 0 Å². The van der Waals surface area contributed by atoms with E-state index >= 15 is 0 Å². The van der Waals surface area contributed by atoms with Crippen molar-refractivity contribution >= 4 is 10.0 Å². The summed E-state index contributed by atoms with van der Waals surface area (Å²) in [4.78, 5) is 7.02. The molecule has 1 unspecified atom stereocenters. The molecule has 1 aromatic heterocycles. The minimum Gasteiger partial charge on any atom is -0.338 e. The zero-order valence-corrected chi connectivity index (χ0v) is 17.3. The molecule has 0 spiro atoms. The van der Waals surface area contributed by atoms with Crippen LogP contribution in [0.3, 0.4) is 0 Å². The van der Waals surface area contributed by atoms with E-state index in [0.29, 0.717) is 37.0 Å². The van der Waals surface area contributed by atoms with Crippen LogP contribution in [0.1, 0.15) is 49.2 Å². The van der Waals surface area contributed by atoms with Gasteiger partial charge in [0.2, 0.25) is 15.9 Å². The first-order chi connectivity index (χ1) is 12.8. The molecule has 1 aliphatic heterocycles. The first kappa shape index (κ1) is 20.0. The number of hydrogen-bond donors (Lipinski definition) is 0. The number of nitrogens with zero attached hydrogens (tertiary/aromatic N) is 4. The molecule has 1 saturated heterocycles. The predicted octanol–water partition coefficient (Wildman–Crippen LogP) is 2.71. The maximum absolute atomic E-state index is 12.9. The molecule has 148 valence electrons. The lowest BCUT2D eigenvalue weighted by Gasteiger charge is -2.36. The fraction of sp³-hybridized carbons (Fsp3) is 0.579. The Morgan fingerprint density at radius 2 is 1.85 bits per heavy atom. The molecule has 0 N–H and O–H groups in total. The maximum Gasteiger partial charge on any atom is 0.243 e. The summed E-state index contributed by atoms with van der Waals surface area (Å²) < 4.78 is 32.8. The van der Waals surface area contributed by atoms with Crippen LogP contribution >= 0.6 is 0 Å². The quantitative estimate of drug-likeness (QED) is 0.752. The fourth-order valence-corrected chi connectivity index (χ4v) is 4.78. The Morgan fingerprint density at radius 3 is 2.48 bits per heavy atom. The predicted molar refractivity (Wildman–Crippen MR) is 103 cm³/mol. The number of benzene rings is 1. The van der Waals surface area contributed by atoms with Gasteiger partial charge in [-0.3, -0.25) is 4.90 Å². The summed E-state index contributed by atoms with van der Waals surface area (Å²) in [5.74, 6) is 1.33. The zero-order chi connectivity index (χ0) is 19.6. The summed E-state index contributed by atoms with van der Waals surface area (Å²) in [6.45, 7) is 10.2. The van der Waals surface area contributed by atoms with Crippen molar-refractivity contribution in [2.75, 3.05) is 26.2 Å². The second-order valence-corrected chi connectivity index (χ2v) is 9.10. The Kier molecular flexibility index (Phi) is 5.98. The normalized spacial score (nSPS) is 17.9. The number of rotatable bonds is 6. The smallest absolute Gasteiger partial charge is 0.243 e. The van der Waals surface area contributed by atoms with Gasteiger partial charge in [0.05, 0.1) is 10.9 Å². The second-order valence-electron chi connectivity index (χ2n) is 7.16. The van der Waals surface area contributed by atoms with Gasteiger partial charge < -0.3 is 4.52 Å². The Morgan fingerprint density at radius 1 is 1.15 bits per heavy atom. The molecular weight excluding hydrogens is 364 g/mol. The summed E-state index contributed by atoms with van der Waals surface area (Å²) >= 11 is 0. The highest BCUT2D eigenvalue weighted by Gasteiger charge is 2.31. The standard InChI is InChI=1S/C19H28N4O3S/c1-5-6-18-20-19(26-21-18)16(4)22-9-11-23(12-10-22)27(24,25)17-8-7-14(2)15(3)13-17/h7-8,13,16H,5-6,9-12H2,1-4H3. The van der Waals surface area contributed by atoms with E-state index in [1.807, 2.05) is 26.8 Å². The number of aromatic nitrogens is 2. The average molecular weight is 393 g/mol. The van der Waals surface area contributed by atoms with E-state index in [1.165, 1.54) is 0 Å². The monoisotopic (exact) mass is 392 g/mol. The molecule has 0 radical (unpaired) electrons. The van der Waals surface area contributed by atoms with Crippen LogP contribution in [-0.4, -0.2) is 53.9 Å². The van der Waals surface area contributed by atoms with Crippen molar-refractivity contribution in [1.82, 2.24) is 19.3 Å². The highest BCUT2D eigenvalue weighted by atomic mass is 32.2. The van der Waals surface area contributed by atoms with E-state index in [1.54, 1.807) is 16.4 Å². The maximum atomic E-state index is 12.9. The van der Waals surface area contributed by atoms with Crippen LogP contribution in [0.2, 0.25) is 0 Å². The Labute approximate surface area is 161 Å². The summed E-state index contributed by atoms with van der Waals surface area (Å²) in [7, 11) is -3.46.